The molecule has 1 unspecified atom stereocenters. The van der Waals surface area contributed by atoms with Crippen LogP contribution >= 0.6 is 0 Å². The fourth-order valence-corrected chi connectivity index (χ4v) is 3.69. The fraction of sp³-hybridized carbons (Fsp3) is 0.455. The Morgan fingerprint density at radius 1 is 1.27 bits per heavy atom. The molecule has 0 saturated heterocycles. The van der Waals surface area contributed by atoms with E-state index < -0.39 is 5.41 Å². The lowest BCUT2D eigenvalue weighted by molar-refractivity contribution is 0.299. The van der Waals surface area contributed by atoms with Crippen molar-refractivity contribution in [1.82, 2.24) is 24.6 Å². The van der Waals surface area contributed by atoms with Gasteiger partial charge in [0.15, 0.2) is 5.65 Å². The highest BCUT2D eigenvalue weighted by Crippen LogP contribution is 2.34. The van der Waals surface area contributed by atoms with Gasteiger partial charge in [0.1, 0.15) is 5.75 Å². The number of methoxy groups -OCH3 is 1. The van der Waals surface area contributed by atoms with E-state index >= 15 is 0 Å². The van der Waals surface area contributed by atoms with Crippen LogP contribution in [0.5, 0.6) is 5.75 Å². The summed E-state index contributed by atoms with van der Waals surface area (Å²) in [5, 5.41) is 18.1. The van der Waals surface area contributed by atoms with E-state index in [2.05, 4.69) is 45.5 Å². The zero-order valence-electron chi connectivity index (χ0n) is 18.1. The molecule has 3 aromatic rings. The van der Waals surface area contributed by atoms with E-state index in [1.54, 1.807) is 24.2 Å². The molecule has 0 aliphatic carbocycles. The summed E-state index contributed by atoms with van der Waals surface area (Å²) in [6, 6.07) is 6.44. The molecule has 0 spiro atoms. The predicted molar refractivity (Wildman–Crippen MR) is 116 cm³/mol. The van der Waals surface area contributed by atoms with Gasteiger partial charge in [-0.3, -0.25) is 0 Å². The van der Waals surface area contributed by atoms with Crippen molar-refractivity contribution in [3.8, 4) is 11.8 Å². The van der Waals surface area contributed by atoms with Crippen LogP contribution < -0.4 is 10.1 Å². The van der Waals surface area contributed by atoms with E-state index in [0.29, 0.717) is 11.6 Å². The van der Waals surface area contributed by atoms with Crippen molar-refractivity contribution < 1.29 is 4.74 Å². The number of fused-ring (bicyclic) bond motifs is 2. The van der Waals surface area contributed by atoms with Crippen molar-refractivity contribution in [2.24, 2.45) is 5.41 Å². The smallest absolute Gasteiger partial charge is 0.229 e. The molecule has 0 amide bonds. The van der Waals surface area contributed by atoms with E-state index in [-0.39, 0.29) is 6.04 Å². The summed E-state index contributed by atoms with van der Waals surface area (Å²) in [5.41, 5.74) is 3.55. The minimum Gasteiger partial charge on any atom is -0.495 e. The highest BCUT2D eigenvalue weighted by Gasteiger charge is 2.29. The fourth-order valence-electron chi connectivity index (χ4n) is 3.69. The molecule has 0 radical (unpaired) electrons. The highest BCUT2D eigenvalue weighted by molar-refractivity contribution is 5.76. The van der Waals surface area contributed by atoms with Gasteiger partial charge in [-0.2, -0.15) is 15.3 Å². The molecule has 0 fully saturated rings. The topological polar surface area (TPSA) is 91.9 Å². The summed E-state index contributed by atoms with van der Waals surface area (Å²) < 4.78 is 7.41. The van der Waals surface area contributed by atoms with Crippen LogP contribution in [-0.2, 0) is 13.0 Å². The second-order valence-electron chi connectivity index (χ2n) is 8.51. The summed E-state index contributed by atoms with van der Waals surface area (Å²) in [7, 11) is 3.80. The zero-order chi connectivity index (χ0) is 21.5. The van der Waals surface area contributed by atoms with Crippen LogP contribution in [0.2, 0.25) is 0 Å². The van der Waals surface area contributed by atoms with Gasteiger partial charge >= 0.3 is 0 Å². The quantitative estimate of drug-likeness (QED) is 0.692. The molecule has 4 rings (SSSR count). The number of aromatic nitrogens is 4. The van der Waals surface area contributed by atoms with Crippen molar-refractivity contribution in [2.45, 2.75) is 39.8 Å². The Morgan fingerprint density at radius 2 is 2.07 bits per heavy atom. The highest BCUT2D eigenvalue weighted by atomic mass is 16.5. The Balaban J connectivity index is 1.70. The SMILES string of the molecule is COc1cc2c(cc1Nc1ncc3cnn(C(C)C(C)(C)C#N)c3n1)CN(C)CC2. The number of nitrogens with zero attached hydrogens (tertiary/aromatic N) is 6. The lowest BCUT2D eigenvalue weighted by Crippen LogP contribution is -2.26. The van der Waals surface area contributed by atoms with E-state index in [1.165, 1.54) is 11.1 Å². The lowest BCUT2D eigenvalue weighted by Gasteiger charge is -2.26. The zero-order valence-corrected chi connectivity index (χ0v) is 18.1. The number of nitrogens with one attached hydrogen (secondary N) is 1. The molecular formula is C22H27N7O. The number of likely N-dealkylation sites (N-methyl/N-ethyl adjacent to an activating group) is 1. The molecule has 1 aromatic carbocycles. The van der Waals surface area contributed by atoms with Crippen molar-refractivity contribution in [1.29, 1.82) is 5.26 Å². The molecule has 1 atom stereocenters. The van der Waals surface area contributed by atoms with Gasteiger partial charge in [-0.15, -0.1) is 0 Å². The molecule has 156 valence electrons. The molecular weight excluding hydrogens is 378 g/mol. The van der Waals surface area contributed by atoms with Crippen LogP contribution in [0.25, 0.3) is 11.0 Å². The van der Waals surface area contributed by atoms with E-state index in [0.717, 1.165) is 36.3 Å². The molecule has 3 heterocycles. The van der Waals surface area contributed by atoms with Crippen molar-refractivity contribution in [3.63, 3.8) is 0 Å². The van der Waals surface area contributed by atoms with Gasteiger partial charge in [0, 0.05) is 19.3 Å². The third-order valence-corrected chi connectivity index (χ3v) is 6.00. The van der Waals surface area contributed by atoms with E-state index in [1.807, 2.05) is 20.8 Å². The normalized spacial score (nSPS) is 15.5. The molecule has 0 bridgehead atoms. The Hall–Kier alpha value is -3.18. The van der Waals surface area contributed by atoms with Gasteiger partial charge in [0.25, 0.3) is 0 Å². The van der Waals surface area contributed by atoms with Crippen LogP contribution in [0.4, 0.5) is 11.6 Å². The molecule has 2 aromatic heterocycles. The Morgan fingerprint density at radius 3 is 2.80 bits per heavy atom. The van der Waals surface area contributed by atoms with Gasteiger partial charge in [0.2, 0.25) is 5.95 Å². The average Bonchev–Trinajstić information content (AvgIpc) is 3.15. The average molecular weight is 406 g/mol. The van der Waals surface area contributed by atoms with Crippen LogP contribution in [0.1, 0.15) is 37.9 Å². The number of hydrogen-bond acceptors (Lipinski definition) is 7. The largest absolute Gasteiger partial charge is 0.495 e. The van der Waals surface area contributed by atoms with Crippen molar-refractivity contribution in [3.05, 3.63) is 35.7 Å². The van der Waals surface area contributed by atoms with E-state index in [9.17, 15) is 5.26 Å². The maximum atomic E-state index is 9.50. The molecule has 8 nitrogen and oxygen atoms in total. The molecule has 1 aliphatic heterocycles. The standard InChI is InChI=1S/C22H27N7O/c1-14(22(2,3)13-23)29-20-17(11-25-29)10-24-21(27-20)26-18-8-16-12-28(4)7-6-15(16)9-19(18)30-5/h8-11,14H,6-7,12H2,1-5H3,(H,24,26,27). The van der Waals surface area contributed by atoms with Crippen LogP contribution in [-0.4, -0.2) is 45.4 Å². The van der Waals surface area contributed by atoms with Gasteiger partial charge in [-0.05, 0) is 57.5 Å². The summed E-state index contributed by atoms with van der Waals surface area (Å²) >= 11 is 0. The second-order valence-corrected chi connectivity index (χ2v) is 8.51. The van der Waals surface area contributed by atoms with Crippen LogP contribution in [0.15, 0.2) is 24.5 Å². The molecule has 1 aliphatic rings. The first-order valence-electron chi connectivity index (χ1n) is 10.1. The maximum Gasteiger partial charge on any atom is 0.229 e. The number of hydrogen-bond donors (Lipinski definition) is 1. The van der Waals surface area contributed by atoms with Gasteiger partial charge < -0.3 is 15.0 Å². The third kappa shape index (κ3) is 3.57. The van der Waals surface area contributed by atoms with Crippen molar-refractivity contribution in [2.75, 3.05) is 26.0 Å². The van der Waals surface area contributed by atoms with E-state index in [4.69, 9.17) is 9.72 Å². The van der Waals surface area contributed by atoms with Crippen molar-refractivity contribution >= 4 is 22.7 Å². The van der Waals surface area contributed by atoms with Gasteiger partial charge in [-0.25, -0.2) is 9.67 Å². The Bertz CT molecular complexity index is 1130. The minimum absolute atomic E-state index is 0.142. The van der Waals surface area contributed by atoms with Gasteiger partial charge in [-0.1, -0.05) is 0 Å². The lowest BCUT2D eigenvalue weighted by atomic mass is 9.87. The number of nitriles is 1. The number of anilines is 2. The second kappa shape index (κ2) is 7.58. The predicted octanol–water partition coefficient (Wildman–Crippen LogP) is 3.68. The first-order chi connectivity index (χ1) is 14.3. The summed E-state index contributed by atoms with van der Waals surface area (Å²) in [6.07, 6.45) is 4.49. The minimum atomic E-state index is -0.578. The van der Waals surface area contributed by atoms with Crippen LogP contribution in [0, 0.1) is 16.7 Å². The summed E-state index contributed by atoms with van der Waals surface area (Å²) in [6.45, 7) is 7.74. The Labute approximate surface area is 176 Å². The van der Waals surface area contributed by atoms with Gasteiger partial charge in [0.05, 0.1) is 41.9 Å². The first kappa shape index (κ1) is 20.1. The maximum absolute atomic E-state index is 9.50. The number of rotatable bonds is 5. The molecule has 30 heavy (non-hydrogen) atoms. The summed E-state index contributed by atoms with van der Waals surface area (Å²) in [4.78, 5) is 11.5. The number of ether oxygens (including phenoxy) is 1. The molecule has 1 N–H and O–H groups in total. The Kier molecular flexibility index (Phi) is 5.08. The first-order valence-corrected chi connectivity index (χ1v) is 10.1. The van der Waals surface area contributed by atoms with Crippen LogP contribution in [0.3, 0.4) is 0 Å². The third-order valence-electron chi connectivity index (χ3n) is 6.00. The monoisotopic (exact) mass is 405 g/mol. The summed E-state index contributed by atoms with van der Waals surface area (Å²) in [5.74, 6) is 1.24. The molecule has 0 saturated carbocycles. The number of benzene rings is 1. The molecule has 8 heteroatoms.